The number of nitrogens with zero attached hydrogens (tertiary/aromatic N) is 6. The Morgan fingerprint density at radius 3 is 2.79 bits per heavy atom. The van der Waals surface area contributed by atoms with Crippen LogP contribution in [-0.4, -0.2) is 68.7 Å². The average Bonchev–Trinajstić information content (AvgIpc) is 3.47. The van der Waals surface area contributed by atoms with Gasteiger partial charge in [0.2, 0.25) is 0 Å². The highest BCUT2D eigenvalue weighted by Gasteiger charge is 2.31. The Morgan fingerprint density at radius 2 is 2.14 bits per heavy atom. The summed E-state index contributed by atoms with van der Waals surface area (Å²) in [5.74, 6) is 1.19. The van der Waals surface area contributed by atoms with Crippen LogP contribution in [0, 0.1) is 0 Å². The fraction of sp³-hybridized carbons (Fsp3) is 0.429. The summed E-state index contributed by atoms with van der Waals surface area (Å²) in [6.07, 6.45) is 5.91. The highest BCUT2D eigenvalue weighted by Crippen LogP contribution is 2.26. The summed E-state index contributed by atoms with van der Waals surface area (Å²) in [5, 5.41) is 4.48. The van der Waals surface area contributed by atoms with Crippen molar-refractivity contribution in [2.45, 2.75) is 32.2 Å². The molecule has 0 aliphatic carbocycles. The fourth-order valence-electron chi connectivity index (χ4n) is 3.77. The van der Waals surface area contributed by atoms with E-state index in [4.69, 9.17) is 4.42 Å². The lowest BCUT2D eigenvalue weighted by Crippen LogP contribution is -2.34. The minimum absolute atomic E-state index is 0.0199. The van der Waals surface area contributed by atoms with E-state index < -0.39 is 0 Å². The lowest BCUT2D eigenvalue weighted by molar-refractivity contribution is 0.0781. The molecule has 0 bridgehead atoms. The Kier molecular flexibility index (Phi) is 5.19. The van der Waals surface area contributed by atoms with Crippen molar-refractivity contribution in [1.29, 1.82) is 0 Å². The van der Waals surface area contributed by atoms with Gasteiger partial charge < -0.3 is 14.2 Å². The number of carbonyl (C=O) groups excluding carboxylic acids is 1. The van der Waals surface area contributed by atoms with Crippen LogP contribution in [0.5, 0.6) is 0 Å². The SMILES string of the molecule is CC(C)c1c(C(=O)N2CC[C@@H](N(C)C)C2)cnn1-c1nccc(-c2ccco2)n1. The first-order chi connectivity index (χ1) is 14.0. The highest BCUT2D eigenvalue weighted by atomic mass is 16.3. The molecule has 1 aliphatic heterocycles. The number of aromatic nitrogens is 4. The number of likely N-dealkylation sites (tertiary alicyclic amines) is 1. The lowest BCUT2D eigenvalue weighted by atomic mass is 10.1. The van der Waals surface area contributed by atoms with E-state index >= 15 is 0 Å². The van der Waals surface area contributed by atoms with Crippen LogP contribution in [0.2, 0.25) is 0 Å². The van der Waals surface area contributed by atoms with E-state index in [1.807, 2.05) is 30.9 Å². The molecule has 0 spiro atoms. The second kappa shape index (κ2) is 7.79. The van der Waals surface area contributed by atoms with Gasteiger partial charge in [-0.25, -0.2) is 14.6 Å². The molecular formula is C21H26N6O2. The fourth-order valence-corrected chi connectivity index (χ4v) is 3.77. The third-order valence-electron chi connectivity index (χ3n) is 5.37. The Labute approximate surface area is 170 Å². The Bertz CT molecular complexity index is 993. The largest absolute Gasteiger partial charge is 0.463 e. The maximum absolute atomic E-state index is 13.2. The van der Waals surface area contributed by atoms with Crippen LogP contribution in [0.4, 0.5) is 0 Å². The molecule has 3 aromatic heterocycles. The van der Waals surface area contributed by atoms with Gasteiger partial charge in [0.15, 0.2) is 5.76 Å². The molecule has 0 unspecified atom stereocenters. The molecule has 4 heterocycles. The van der Waals surface area contributed by atoms with Crippen molar-refractivity contribution in [3.63, 3.8) is 0 Å². The molecule has 8 nitrogen and oxygen atoms in total. The molecule has 8 heteroatoms. The van der Waals surface area contributed by atoms with Crippen molar-refractivity contribution < 1.29 is 9.21 Å². The maximum Gasteiger partial charge on any atom is 0.257 e. The van der Waals surface area contributed by atoms with E-state index in [9.17, 15) is 4.79 Å². The molecule has 1 saturated heterocycles. The first kappa shape index (κ1) is 19.3. The summed E-state index contributed by atoms with van der Waals surface area (Å²) < 4.78 is 7.11. The number of amides is 1. The molecule has 1 fully saturated rings. The quantitative estimate of drug-likeness (QED) is 0.662. The normalized spacial score (nSPS) is 16.9. The van der Waals surface area contributed by atoms with Gasteiger partial charge in [0.25, 0.3) is 11.9 Å². The van der Waals surface area contributed by atoms with Crippen LogP contribution in [-0.2, 0) is 0 Å². The molecule has 0 saturated carbocycles. The van der Waals surface area contributed by atoms with Gasteiger partial charge in [-0.15, -0.1) is 0 Å². The standard InChI is InChI=1S/C21H26N6O2/c1-14(2)19-16(20(28)26-10-8-15(13-26)25(3)4)12-23-27(19)21-22-9-7-17(24-21)18-6-5-11-29-18/h5-7,9,11-12,14-15H,8,10,13H2,1-4H3/t15-/m1/s1. The molecule has 152 valence electrons. The van der Waals surface area contributed by atoms with Gasteiger partial charge in [-0.2, -0.15) is 5.10 Å². The number of furan rings is 1. The first-order valence-corrected chi connectivity index (χ1v) is 9.86. The summed E-state index contributed by atoms with van der Waals surface area (Å²) in [6.45, 7) is 5.59. The van der Waals surface area contributed by atoms with Crippen LogP contribution in [0.1, 0.15) is 42.2 Å². The van der Waals surface area contributed by atoms with Gasteiger partial charge in [0, 0.05) is 25.3 Å². The molecule has 1 atom stereocenters. The van der Waals surface area contributed by atoms with Crippen LogP contribution in [0.3, 0.4) is 0 Å². The third kappa shape index (κ3) is 3.67. The van der Waals surface area contributed by atoms with E-state index in [-0.39, 0.29) is 11.8 Å². The topological polar surface area (TPSA) is 80.3 Å². The van der Waals surface area contributed by atoms with Gasteiger partial charge in [0.05, 0.1) is 23.7 Å². The number of hydrogen-bond donors (Lipinski definition) is 0. The van der Waals surface area contributed by atoms with Gasteiger partial charge >= 0.3 is 0 Å². The van der Waals surface area contributed by atoms with E-state index in [2.05, 4.69) is 34.1 Å². The molecule has 3 aromatic rings. The number of rotatable bonds is 5. The van der Waals surface area contributed by atoms with Gasteiger partial charge in [-0.05, 0) is 44.6 Å². The molecule has 4 rings (SSSR count). The zero-order valence-electron chi connectivity index (χ0n) is 17.2. The van der Waals surface area contributed by atoms with Gasteiger partial charge in [-0.3, -0.25) is 4.79 Å². The molecule has 0 radical (unpaired) electrons. The Morgan fingerprint density at radius 1 is 1.31 bits per heavy atom. The highest BCUT2D eigenvalue weighted by molar-refractivity contribution is 5.95. The monoisotopic (exact) mass is 394 g/mol. The average molecular weight is 394 g/mol. The molecular weight excluding hydrogens is 368 g/mol. The van der Waals surface area contributed by atoms with Crippen LogP contribution >= 0.6 is 0 Å². The predicted molar refractivity (Wildman–Crippen MR) is 109 cm³/mol. The van der Waals surface area contributed by atoms with Gasteiger partial charge in [0.1, 0.15) is 5.69 Å². The Balaban J connectivity index is 1.68. The predicted octanol–water partition coefficient (Wildman–Crippen LogP) is 2.82. The van der Waals surface area contributed by atoms with Crippen molar-refractivity contribution in [2.75, 3.05) is 27.2 Å². The summed E-state index contributed by atoms with van der Waals surface area (Å²) in [5.41, 5.74) is 2.11. The summed E-state index contributed by atoms with van der Waals surface area (Å²) in [4.78, 5) is 26.3. The number of hydrogen-bond acceptors (Lipinski definition) is 6. The first-order valence-electron chi connectivity index (χ1n) is 9.86. The zero-order chi connectivity index (χ0) is 20.5. The lowest BCUT2D eigenvalue weighted by Gasteiger charge is -2.21. The maximum atomic E-state index is 13.2. The van der Waals surface area contributed by atoms with E-state index in [1.54, 1.807) is 29.4 Å². The molecule has 29 heavy (non-hydrogen) atoms. The second-order valence-corrected chi connectivity index (χ2v) is 7.89. The second-order valence-electron chi connectivity index (χ2n) is 7.89. The van der Waals surface area contributed by atoms with E-state index in [0.717, 1.165) is 25.2 Å². The molecule has 0 aromatic carbocycles. The third-order valence-corrected chi connectivity index (χ3v) is 5.37. The van der Waals surface area contributed by atoms with E-state index in [1.165, 1.54) is 0 Å². The summed E-state index contributed by atoms with van der Waals surface area (Å²) in [7, 11) is 4.11. The van der Waals surface area contributed by atoms with E-state index in [0.29, 0.717) is 29.0 Å². The van der Waals surface area contributed by atoms with Gasteiger partial charge in [-0.1, -0.05) is 13.8 Å². The number of carbonyl (C=O) groups is 1. The van der Waals surface area contributed by atoms with Crippen molar-refractivity contribution in [3.05, 3.63) is 48.1 Å². The summed E-state index contributed by atoms with van der Waals surface area (Å²) >= 11 is 0. The summed E-state index contributed by atoms with van der Waals surface area (Å²) in [6, 6.07) is 5.85. The van der Waals surface area contributed by atoms with Crippen LogP contribution < -0.4 is 0 Å². The minimum Gasteiger partial charge on any atom is -0.463 e. The smallest absolute Gasteiger partial charge is 0.257 e. The molecule has 1 amide bonds. The van der Waals surface area contributed by atoms with Crippen LogP contribution in [0.25, 0.3) is 17.4 Å². The molecule has 1 aliphatic rings. The van der Waals surface area contributed by atoms with Crippen LogP contribution in [0.15, 0.2) is 41.3 Å². The van der Waals surface area contributed by atoms with Crippen molar-refractivity contribution in [2.24, 2.45) is 0 Å². The zero-order valence-corrected chi connectivity index (χ0v) is 17.2. The van der Waals surface area contributed by atoms with Crippen molar-refractivity contribution in [1.82, 2.24) is 29.5 Å². The minimum atomic E-state index is 0.0199. The Hall–Kier alpha value is -3.00. The van der Waals surface area contributed by atoms with Crippen molar-refractivity contribution in [3.8, 4) is 17.4 Å². The number of likely N-dealkylation sites (N-methyl/N-ethyl adjacent to an activating group) is 1. The molecule has 0 N–H and O–H groups in total. The van der Waals surface area contributed by atoms with Crippen molar-refractivity contribution >= 4 is 5.91 Å².